The maximum atomic E-state index is 11.9. The molecule has 5 heteroatoms. The zero-order chi connectivity index (χ0) is 15.1. The van der Waals surface area contributed by atoms with Crippen molar-refractivity contribution in [1.82, 2.24) is 10.6 Å². The number of amides is 2. The van der Waals surface area contributed by atoms with Gasteiger partial charge in [-0.3, -0.25) is 4.79 Å². The fourth-order valence-electron chi connectivity index (χ4n) is 2.89. The summed E-state index contributed by atoms with van der Waals surface area (Å²) in [4.78, 5) is 22.2. The molecule has 0 spiro atoms. The predicted octanol–water partition coefficient (Wildman–Crippen LogP) is 2.49. The van der Waals surface area contributed by atoms with Gasteiger partial charge in [-0.1, -0.05) is 36.8 Å². The van der Waals surface area contributed by atoms with Gasteiger partial charge < -0.3 is 15.7 Å². The van der Waals surface area contributed by atoms with Crippen LogP contribution in [0.3, 0.4) is 0 Å². The third kappa shape index (κ3) is 4.77. The lowest BCUT2D eigenvalue weighted by Crippen LogP contribution is -2.43. The Morgan fingerprint density at radius 1 is 1.19 bits per heavy atom. The summed E-state index contributed by atoms with van der Waals surface area (Å²) in [6.07, 6.45) is 3.73. The molecule has 2 atom stereocenters. The van der Waals surface area contributed by atoms with Crippen LogP contribution in [-0.2, 0) is 4.79 Å². The lowest BCUT2D eigenvalue weighted by molar-refractivity contribution is -0.137. The fourth-order valence-corrected chi connectivity index (χ4v) is 2.89. The van der Waals surface area contributed by atoms with E-state index in [1.165, 1.54) is 5.56 Å². The van der Waals surface area contributed by atoms with Crippen molar-refractivity contribution in [3.8, 4) is 0 Å². The molecule has 2 rings (SSSR count). The Labute approximate surface area is 124 Å². The lowest BCUT2D eigenvalue weighted by atomic mass is 9.94. The summed E-state index contributed by atoms with van der Waals surface area (Å²) in [5.41, 5.74) is 1.27. The number of carbonyl (C=O) groups excluding carboxylic acids is 1. The van der Waals surface area contributed by atoms with E-state index in [-0.39, 0.29) is 18.5 Å². The van der Waals surface area contributed by atoms with Crippen LogP contribution in [0.2, 0.25) is 0 Å². The van der Waals surface area contributed by atoms with Gasteiger partial charge in [-0.2, -0.15) is 0 Å². The van der Waals surface area contributed by atoms with Gasteiger partial charge >= 0.3 is 12.0 Å². The Hall–Kier alpha value is -2.04. The molecule has 1 aliphatic rings. The summed E-state index contributed by atoms with van der Waals surface area (Å²) in [7, 11) is 0. The van der Waals surface area contributed by atoms with Crippen LogP contribution >= 0.6 is 0 Å². The smallest absolute Gasteiger partial charge is 0.315 e. The first-order valence-electron chi connectivity index (χ1n) is 7.48. The highest BCUT2D eigenvalue weighted by Crippen LogP contribution is 2.34. The van der Waals surface area contributed by atoms with E-state index in [0.29, 0.717) is 18.9 Å². The van der Waals surface area contributed by atoms with Gasteiger partial charge in [-0.05, 0) is 24.8 Å². The van der Waals surface area contributed by atoms with Gasteiger partial charge in [0, 0.05) is 24.9 Å². The first-order chi connectivity index (χ1) is 10.2. The minimum atomic E-state index is -0.836. The van der Waals surface area contributed by atoms with Crippen LogP contribution in [0.15, 0.2) is 30.3 Å². The third-order valence-electron chi connectivity index (χ3n) is 3.91. The maximum absolute atomic E-state index is 11.9. The van der Waals surface area contributed by atoms with E-state index in [0.717, 1.165) is 19.3 Å². The molecule has 21 heavy (non-hydrogen) atoms. The molecule has 0 saturated heterocycles. The molecule has 2 unspecified atom stereocenters. The molecule has 0 radical (unpaired) electrons. The van der Waals surface area contributed by atoms with Crippen LogP contribution in [0.4, 0.5) is 4.79 Å². The van der Waals surface area contributed by atoms with Crippen molar-refractivity contribution in [1.29, 1.82) is 0 Å². The van der Waals surface area contributed by atoms with Crippen molar-refractivity contribution in [2.24, 2.45) is 0 Å². The number of nitrogens with one attached hydrogen (secondary N) is 2. The molecule has 2 amide bonds. The number of urea groups is 1. The van der Waals surface area contributed by atoms with Crippen molar-refractivity contribution in [2.45, 2.75) is 44.1 Å². The van der Waals surface area contributed by atoms with E-state index in [1.54, 1.807) is 0 Å². The first-order valence-corrected chi connectivity index (χ1v) is 7.48. The summed E-state index contributed by atoms with van der Waals surface area (Å²) in [6.45, 7) is 0.390. The Kier molecular flexibility index (Phi) is 5.60. The molecular formula is C16H22N2O3. The van der Waals surface area contributed by atoms with E-state index in [9.17, 15) is 9.59 Å². The van der Waals surface area contributed by atoms with Gasteiger partial charge in [-0.15, -0.1) is 0 Å². The average Bonchev–Trinajstić information content (AvgIpc) is 2.92. The summed E-state index contributed by atoms with van der Waals surface area (Å²) in [5, 5.41) is 14.3. The second-order valence-electron chi connectivity index (χ2n) is 5.45. The summed E-state index contributed by atoms with van der Waals surface area (Å²) >= 11 is 0. The zero-order valence-electron chi connectivity index (χ0n) is 12.0. The third-order valence-corrected chi connectivity index (χ3v) is 3.91. The van der Waals surface area contributed by atoms with Crippen molar-refractivity contribution < 1.29 is 14.7 Å². The van der Waals surface area contributed by atoms with Gasteiger partial charge in [0.05, 0.1) is 0 Å². The van der Waals surface area contributed by atoms with Crippen LogP contribution in [0.5, 0.6) is 0 Å². The first kappa shape index (κ1) is 15.4. The van der Waals surface area contributed by atoms with Crippen molar-refractivity contribution >= 4 is 12.0 Å². The van der Waals surface area contributed by atoms with E-state index in [2.05, 4.69) is 22.8 Å². The number of carboxylic acids is 1. The van der Waals surface area contributed by atoms with Crippen molar-refractivity contribution in [3.63, 3.8) is 0 Å². The highest BCUT2D eigenvalue weighted by Gasteiger charge is 2.29. The molecule has 0 bridgehead atoms. The second-order valence-corrected chi connectivity index (χ2v) is 5.45. The number of rotatable bonds is 6. The van der Waals surface area contributed by atoms with Crippen LogP contribution in [0.25, 0.3) is 0 Å². The van der Waals surface area contributed by atoms with Gasteiger partial charge in [0.25, 0.3) is 0 Å². The monoisotopic (exact) mass is 290 g/mol. The van der Waals surface area contributed by atoms with Crippen LogP contribution in [0.1, 0.15) is 43.6 Å². The number of carbonyl (C=O) groups is 2. The van der Waals surface area contributed by atoms with Gasteiger partial charge in [0.15, 0.2) is 0 Å². The van der Waals surface area contributed by atoms with Crippen LogP contribution in [0, 0.1) is 0 Å². The summed E-state index contributed by atoms with van der Waals surface area (Å²) < 4.78 is 0. The second kappa shape index (κ2) is 7.67. The molecule has 1 fully saturated rings. The molecule has 3 N–H and O–H groups in total. The molecule has 5 nitrogen and oxygen atoms in total. The Morgan fingerprint density at radius 3 is 2.67 bits per heavy atom. The molecule has 0 aromatic heterocycles. The topological polar surface area (TPSA) is 78.4 Å². The summed E-state index contributed by atoms with van der Waals surface area (Å²) in [5.74, 6) is -0.465. The molecule has 114 valence electrons. The van der Waals surface area contributed by atoms with E-state index < -0.39 is 5.97 Å². The number of hydrogen-bond acceptors (Lipinski definition) is 2. The Bertz CT molecular complexity index is 476. The predicted molar refractivity (Wildman–Crippen MR) is 80.2 cm³/mol. The fraction of sp³-hybridized carbons (Fsp3) is 0.500. The van der Waals surface area contributed by atoms with E-state index in [1.807, 2.05) is 18.2 Å². The standard InChI is InChI=1S/C16H22N2O3/c19-15(20)10-5-11-17-16(21)18-14-9-4-8-13(14)12-6-2-1-3-7-12/h1-3,6-7,13-14H,4-5,8-11H2,(H,19,20)(H2,17,18,21). The molecule has 1 aromatic carbocycles. The van der Waals surface area contributed by atoms with Crippen molar-refractivity contribution in [3.05, 3.63) is 35.9 Å². The molecule has 0 heterocycles. The number of carboxylic acid groups (broad SMARTS) is 1. The largest absolute Gasteiger partial charge is 0.481 e. The SMILES string of the molecule is O=C(O)CCCNC(=O)NC1CCCC1c1ccccc1. The number of aliphatic carboxylic acids is 1. The highest BCUT2D eigenvalue weighted by molar-refractivity contribution is 5.74. The van der Waals surface area contributed by atoms with Crippen LogP contribution < -0.4 is 10.6 Å². The van der Waals surface area contributed by atoms with Crippen molar-refractivity contribution in [2.75, 3.05) is 6.54 Å². The number of benzene rings is 1. The molecular weight excluding hydrogens is 268 g/mol. The van der Waals surface area contributed by atoms with Gasteiger partial charge in [0.1, 0.15) is 0 Å². The van der Waals surface area contributed by atoms with Gasteiger partial charge in [-0.25, -0.2) is 4.79 Å². The minimum absolute atomic E-state index is 0.0797. The Morgan fingerprint density at radius 2 is 1.95 bits per heavy atom. The highest BCUT2D eigenvalue weighted by atomic mass is 16.4. The molecule has 0 aliphatic heterocycles. The van der Waals surface area contributed by atoms with E-state index >= 15 is 0 Å². The molecule has 1 aromatic rings. The normalized spacial score (nSPS) is 21.0. The van der Waals surface area contributed by atoms with Gasteiger partial charge in [0.2, 0.25) is 0 Å². The minimum Gasteiger partial charge on any atom is -0.481 e. The van der Waals surface area contributed by atoms with E-state index in [4.69, 9.17) is 5.11 Å². The lowest BCUT2D eigenvalue weighted by Gasteiger charge is -2.21. The Balaban J connectivity index is 1.78. The quantitative estimate of drug-likeness (QED) is 0.704. The molecule has 1 aliphatic carbocycles. The maximum Gasteiger partial charge on any atom is 0.315 e. The zero-order valence-corrected chi connectivity index (χ0v) is 12.0. The number of hydrogen-bond donors (Lipinski definition) is 3. The molecule has 1 saturated carbocycles. The summed E-state index contributed by atoms with van der Waals surface area (Å²) in [6, 6.07) is 10.2. The van der Waals surface area contributed by atoms with Crippen LogP contribution in [-0.4, -0.2) is 29.7 Å². The average molecular weight is 290 g/mol.